The Hall–Kier alpha value is -5.99. The van der Waals surface area contributed by atoms with Crippen molar-refractivity contribution in [3.05, 3.63) is 114 Å². The van der Waals surface area contributed by atoms with Gasteiger partial charge in [-0.05, 0) is 54.8 Å². The third-order valence-corrected chi connectivity index (χ3v) is 8.19. The Morgan fingerprint density at radius 1 is 0.935 bits per heavy atom. The second kappa shape index (κ2) is 12.6. The summed E-state index contributed by atoms with van der Waals surface area (Å²) in [7, 11) is 0. The molecule has 0 spiro atoms. The summed E-state index contributed by atoms with van der Waals surface area (Å²) in [5, 5.41) is 12.1. The topological polar surface area (TPSA) is 152 Å². The summed E-state index contributed by atoms with van der Waals surface area (Å²) in [5.74, 6) is 0.807. The van der Waals surface area contributed by atoms with Crippen LogP contribution in [0.25, 0.3) is 39.5 Å². The van der Waals surface area contributed by atoms with Gasteiger partial charge in [-0.25, -0.2) is 24.9 Å². The molecule has 0 aliphatic carbocycles. The number of anilines is 1. The predicted molar refractivity (Wildman–Crippen MR) is 174 cm³/mol. The molecule has 0 saturated carbocycles. The number of nitrogens with zero attached hydrogens (tertiary/aromatic N) is 8. The first-order valence-electron chi connectivity index (χ1n) is 15.1. The van der Waals surface area contributed by atoms with E-state index in [1.54, 1.807) is 6.20 Å². The van der Waals surface area contributed by atoms with Gasteiger partial charge < -0.3 is 11.1 Å². The van der Waals surface area contributed by atoms with Crippen LogP contribution in [0.4, 0.5) is 5.82 Å². The number of nitrogens with one attached hydrogen (secondary N) is 1. The highest BCUT2D eigenvalue weighted by molar-refractivity contribution is 5.92. The van der Waals surface area contributed by atoms with Gasteiger partial charge in [0.1, 0.15) is 35.1 Å². The molecule has 0 atom stereocenters. The number of nitrogen functional groups attached to an aromatic ring is 1. The maximum Gasteiger partial charge on any atom is 0.270 e. The number of hydrogen-bond acceptors (Lipinski definition) is 9. The number of rotatable bonds is 7. The molecule has 11 heteroatoms. The molecule has 1 aliphatic heterocycles. The van der Waals surface area contributed by atoms with Crippen LogP contribution < -0.4 is 11.1 Å². The number of benzene rings is 2. The fourth-order valence-electron chi connectivity index (χ4n) is 5.80. The van der Waals surface area contributed by atoms with Crippen molar-refractivity contribution in [2.75, 3.05) is 18.8 Å². The molecule has 7 rings (SSSR count). The minimum Gasteiger partial charge on any atom is -0.383 e. The van der Waals surface area contributed by atoms with Crippen molar-refractivity contribution >= 4 is 22.9 Å². The molecule has 46 heavy (non-hydrogen) atoms. The van der Waals surface area contributed by atoms with Crippen LogP contribution in [0, 0.1) is 11.3 Å². The maximum atomic E-state index is 12.6. The Kier molecular flexibility index (Phi) is 7.85. The van der Waals surface area contributed by atoms with E-state index in [1.807, 2.05) is 65.2 Å². The molecule has 3 N–H and O–H groups in total. The van der Waals surface area contributed by atoms with E-state index < -0.39 is 0 Å². The van der Waals surface area contributed by atoms with Gasteiger partial charge in [-0.1, -0.05) is 42.5 Å². The highest BCUT2D eigenvalue weighted by Gasteiger charge is 2.23. The molecule has 1 saturated heterocycles. The lowest BCUT2D eigenvalue weighted by Gasteiger charge is -2.32. The Balaban J connectivity index is 1.09. The summed E-state index contributed by atoms with van der Waals surface area (Å²) in [6, 6.07) is 29.7. The highest BCUT2D eigenvalue weighted by atomic mass is 16.1. The van der Waals surface area contributed by atoms with Gasteiger partial charge in [0.2, 0.25) is 0 Å². The SMILES string of the molecule is N#Cc1cc(C(=O)NC2CCN(Cc3ccc(-n4c(-c5cccnc5N)nc5ccc(-c6ccccc6)nc54)cc3)CC2)ncn1. The molecule has 1 aliphatic rings. The van der Waals surface area contributed by atoms with E-state index in [9.17, 15) is 4.79 Å². The first-order valence-corrected chi connectivity index (χ1v) is 15.1. The van der Waals surface area contributed by atoms with E-state index >= 15 is 0 Å². The molecule has 1 fully saturated rings. The second-order valence-electron chi connectivity index (χ2n) is 11.2. The van der Waals surface area contributed by atoms with Gasteiger partial charge in [0, 0.05) is 49.2 Å². The van der Waals surface area contributed by atoms with Crippen molar-refractivity contribution in [2.24, 2.45) is 0 Å². The van der Waals surface area contributed by atoms with Crippen LogP contribution >= 0.6 is 0 Å². The fourth-order valence-corrected chi connectivity index (χ4v) is 5.80. The molecule has 226 valence electrons. The fraction of sp³-hybridized carbons (Fsp3) is 0.171. The largest absolute Gasteiger partial charge is 0.383 e. The number of amides is 1. The number of likely N-dealkylation sites (tertiary alicyclic amines) is 1. The van der Waals surface area contributed by atoms with Gasteiger partial charge in [-0.15, -0.1) is 0 Å². The summed E-state index contributed by atoms with van der Waals surface area (Å²) in [4.78, 5) is 37.2. The van der Waals surface area contributed by atoms with Crippen molar-refractivity contribution < 1.29 is 4.79 Å². The van der Waals surface area contributed by atoms with Crippen molar-refractivity contribution in [3.8, 4) is 34.4 Å². The standard InChI is InChI=1S/C35H30N10O/c36-20-26-19-31(40-22-39-26)35(46)41-25-14-17-44(18-15-25)21-23-8-10-27(11-9-23)45-33(28-7-4-16-38-32(28)37)43-30-13-12-29(42-34(30)45)24-5-2-1-3-6-24/h1-13,16,19,22,25H,14-15,17-18,21H2,(H2,37,38)(H,41,46). The van der Waals surface area contributed by atoms with Crippen molar-refractivity contribution in [1.29, 1.82) is 5.26 Å². The third kappa shape index (κ3) is 5.89. The molecule has 0 unspecified atom stereocenters. The Labute approximate surface area is 265 Å². The normalized spacial score (nSPS) is 13.8. The van der Waals surface area contributed by atoms with E-state index in [4.69, 9.17) is 21.0 Å². The molecule has 6 aromatic rings. The Morgan fingerprint density at radius 3 is 2.50 bits per heavy atom. The van der Waals surface area contributed by atoms with Crippen LogP contribution in [-0.2, 0) is 6.54 Å². The van der Waals surface area contributed by atoms with Crippen LogP contribution in [0.3, 0.4) is 0 Å². The summed E-state index contributed by atoms with van der Waals surface area (Å²) < 4.78 is 2.05. The predicted octanol–water partition coefficient (Wildman–Crippen LogP) is 4.79. The Bertz CT molecular complexity index is 2060. The zero-order valence-corrected chi connectivity index (χ0v) is 24.9. The lowest BCUT2D eigenvalue weighted by Crippen LogP contribution is -2.44. The third-order valence-electron chi connectivity index (χ3n) is 8.19. The number of imidazole rings is 1. The summed E-state index contributed by atoms with van der Waals surface area (Å²) in [6.45, 7) is 2.49. The van der Waals surface area contributed by atoms with Gasteiger partial charge in [-0.3, -0.25) is 14.3 Å². The van der Waals surface area contributed by atoms with E-state index in [2.05, 4.69) is 49.4 Å². The lowest BCUT2D eigenvalue weighted by atomic mass is 10.0. The number of piperidine rings is 1. The van der Waals surface area contributed by atoms with Crippen molar-refractivity contribution in [1.82, 2.24) is 39.7 Å². The van der Waals surface area contributed by atoms with Crippen molar-refractivity contribution in [2.45, 2.75) is 25.4 Å². The molecule has 0 bridgehead atoms. The molecule has 5 heterocycles. The van der Waals surface area contributed by atoms with E-state index in [-0.39, 0.29) is 23.3 Å². The molecular formula is C35H30N10O. The van der Waals surface area contributed by atoms with Gasteiger partial charge in [0.15, 0.2) is 11.5 Å². The quantitative estimate of drug-likeness (QED) is 0.261. The number of nitrogens with two attached hydrogens (primary N) is 1. The van der Waals surface area contributed by atoms with Gasteiger partial charge in [0.05, 0.1) is 11.3 Å². The summed E-state index contributed by atoms with van der Waals surface area (Å²) >= 11 is 0. The lowest BCUT2D eigenvalue weighted by molar-refractivity contribution is 0.0903. The number of carbonyl (C=O) groups is 1. The molecule has 2 aromatic carbocycles. The minimum atomic E-state index is -0.280. The van der Waals surface area contributed by atoms with Crippen LogP contribution in [0.15, 0.2) is 97.5 Å². The van der Waals surface area contributed by atoms with E-state index in [0.717, 1.165) is 66.1 Å². The van der Waals surface area contributed by atoms with E-state index in [1.165, 1.54) is 18.0 Å². The van der Waals surface area contributed by atoms with E-state index in [0.29, 0.717) is 11.6 Å². The van der Waals surface area contributed by atoms with Crippen molar-refractivity contribution in [3.63, 3.8) is 0 Å². The molecular weight excluding hydrogens is 576 g/mol. The minimum absolute atomic E-state index is 0.0489. The molecule has 11 nitrogen and oxygen atoms in total. The summed E-state index contributed by atoms with van der Waals surface area (Å²) in [5.41, 5.74) is 12.9. The monoisotopic (exact) mass is 606 g/mol. The number of aromatic nitrogens is 6. The van der Waals surface area contributed by atoms with Crippen LogP contribution in [0.5, 0.6) is 0 Å². The van der Waals surface area contributed by atoms with Crippen LogP contribution in [-0.4, -0.2) is 59.4 Å². The number of hydrogen-bond donors (Lipinski definition) is 2. The molecule has 4 aromatic heterocycles. The second-order valence-corrected chi connectivity index (χ2v) is 11.2. The average molecular weight is 607 g/mol. The maximum absolute atomic E-state index is 12.6. The van der Waals surface area contributed by atoms with Gasteiger partial charge >= 0.3 is 0 Å². The highest BCUT2D eigenvalue weighted by Crippen LogP contribution is 2.32. The molecule has 1 amide bonds. The first kappa shape index (κ1) is 28.8. The van der Waals surface area contributed by atoms with Gasteiger partial charge in [-0.2, -0.15) is 5.26 Å². The number of nitriles is 1. The smallest absolute Gasteiger partial charge is 0.270 e. The number of carbonyl (C=O) groups excluding carboxylic acids is 1. The first-order chi connectivity index (χ1) is 22.6. The zero-order valence-electron chi connectivity index (χ0n) is 24.9. The average Bonchev–Trinajstić information content (AvgIpc) is 3.48. The van der Waals surface area contributed by atoms with Crippen LogP contribution in [0.2, 0.25) is 0 Å². The summed E-state index contributed by atoms with van der Waals surface area (Å²) in [6.07, 6.45) is 4.57. The van der Waals surface area contributed by atoms with Gasteiger partial charge in [0.25, 0.3) is 5.91 Å². The molecule has 0 radical (unpaired) electrons. The number of fused-ring (bicyclic) bond motifs is 1. The Morgan fingerprint density at radius 2 is 1.74 bits per heavy atom. The van der Waals surface area contributed by atoms with Crippen LogP contribution in [0.1, 0.15) is 34.6 Å². The number of pyridine rings is 2. The zero-order chi connectivity index (χ0) is 31.5.